The van der Waals surface area contributed by atoms with E-state index in [9.17, 15) is 31.2 Å². The molecule has 5 heterocycles. The summed E-state index contributed by atoms with van der Waals surface area (Å²) in [4.78, 5) is 45.8. The molecule has 11 rings (SSSR count). The van der Waals surface area contributed by atoms with Gasteiger partial charge in [-0.2, -0.15) is 28.2 Å². The molecule has 3 saturated heterocycles. The zero-order chi connectivity index (χ0) is 57.1. The van der Waals surface area contributed by atoms with Crippen LogP contribution in [0.1, 0.15) is 61.0 Å². The molecule has 0 atom stereocenters. The molecule has 1 amide bonds. The lowest BCUT2D eigenvalue weighted by molar-refractivity contribution is 0.0303. The van der Waals surface area contributed by atoms with Crippen LogP contribution in [0.5, 0.6) is 11.5 Å². The highest BCUT2D eigenvalue weighted by molar-refractivity contribution is 14.1. The van der Waals surface area contributed by atoms with Gasteiger partial charge in [-0.1, -0.05) is 73.4 Å². The number of hydrogen-bond donors (Lipinski definition) is 0. The molecule has 2 aromatic heterocycles. The number of amides is 1. The van der Waals surface area contributed by atoms with Crippen LogP contribution in [0.15, 0.2) is 119 Å². The predicted molar refractivity (Wildman–Crippen MR) is 321 cm³/mol. The Labute approximate surface area is 495 Å². The van der Waals surface area contributed by atoms with Crippen molar-refractivity contribution in [1.82, 2.24) is 33.1 Å². The van der Waals surface area contributed by atoms with Gasteiger partial charge in [-0.15, -0.1) is 0 Å². The molecule has 2 saturated carbocycles. The number of hydrogen-bond acceptors (Lipinski definition) is 14. The smallest absolute Gasteiger partial charge is 0.316 e. The van der Waals surface area contributed by atoms with Gasteiger partial charge in [0.05, 0.1) is 61.7 Å². The number of carbonyl (C=O) groups is 1. The number of ether oxygens (including phenoxy) is 3. The Morgan fingerprint density at radius 2 is 1.02 bits per heavy atom. The van der Waals surface area contributed by atoms with Gasteiger partial charge in [0.25, 0.3) is 5.91 Å². The van der Waals surface area contributed by atoms with Gasteiger partial charge in [0, 0.05) is 95.5 Å². The summed E-state index contributed by atoms with van der Waals surface area (Å²) in [5.41, 5.74) is 3.38. The van der Waals surface area contributed by atoms with E-state index in [2.05, 4.69) is 46.6 Å². The zero-order valence-electron chi connectivity index (χ0n) is 45.1. The molecule has 0 radical (unpaired) electrons. The van der Waals surface area contributed by atoms with Crippen LogP contribution >= 0.6 is 45.8 Å². The zero-order valence-corrected chi connectivity index (χ0v) is 50.4. The average molecular weight is 1300 g/mol. The number of aromatic nitrogens is 4. The van der Waals surface area contributed by atoms with E-state index in [1.807, 2.05) is 34.1 Å². The first-order valence-electron chi connectivity index (χ1n) is 26.9. The minimum atomic E-state index is -3.66. The highest BCUT2D eigenvalue weighted by Crippen LogP contribution is 2.46. The average Bonchev–Trinajstić information content (AvgIpc) is 4.52. The van der Waals surface area contributed by atoms with Crippen LogP contribution in [0.4, 0.5) is 11.4 Å². The van der Waals surface area contributed by atoms with Crippen molar-refractivity contribution in [3.05, 3.63) is 160 Å². The summed E-state index contributed by atoms with van der Waals surface area (Å²) < 4.78 is 77.3. The predicted octanol–water partition coefficient (Wildman–Crippen LogP) is 7.51. The molecule has 4 aromatic carbocycles. The fourth-order valence-electron chi connectivity index (χ4n) is 9.76. The van der Waals surface area contributed by atoms with Crippen molar-refractivity contribution in [2.75, 3.05) is 102 Å². The maximum Gasteiger partial charge on any atom is 0.316 e. The first-order valence-corrected chi connectivity index (χ1v) is 32.0. The fourth-order valence-corrected chi connectivity index (χ4v) is 13.7. The van der Waals surface area contributed by atoms with Crippen molar-refractivity contribution in [2.24, 2.45) is 10.8 Å². The quantitative estimate of drug-likeness (QED) is 0.0813. The van der Waals surface area contributed by atoms with E-state index in [1.165, 1.54) is 18.0 Å². The van der Waals surface area contributed by atoms with Crippen LogP contribution < -0.4 is 30.4 Å². The number of anilines is 2. The lowest BCUT2D eigenvalue weighted by Gasteiger charge is -2.35. The first-order chi connectivity index (χ1) is 38.8. The molecular formula is C57H64Cl2IN9O10S2. The standard InChI is InChI=1S/C31H36ClN5O6S.C26H28ClIN4O4S/c1-31(8-9-31)22-43-28-27(20-33-37(30(28)39)26-7-3-6-25(32)19-26)34-10-12-36(13-11-34)44(40,41)21-23-4-2-5-24(18-23)29(38)35-14-16-42-17-15-35;1-26(8-9-26)18-36-24-23(16-29-32(25(24)33)22-7-3-5-20(27)15-22)30-10-12-31(13-11-30)37(34,35)17-19-4-2-6-21(28)14-19/h2-7,18-20H,8-17,21-22H2,1H3;2-7,14-16H,8-13,17-18H2,1H3. The maximum absolute atomic E-state index is 13.7. The number of halogens is 3. The Bertz CT molecular complexity index is 3640. The topological polar surface area (TPSA) is 199 Å². The van der Waals surface area contributed by atoms with Crippen LogP contribution in [-0.4, -0.2) is 148 Å². The van der Waals surface area contributed by atoms with E-state index < -0.39 is 25.6 Å². The van der Waals surface area contributed by atoms with Gasteiger partial charge in [0.15, 0.2) is 0 Å². The monoisotopic (exact) mass is 1300 g/mol. The van der Waals surface area contributed by atoms with Crippen molar-refractivity contribution in [2.45, 2.75) is 51.0 Å². The summed E-state index contributed by atoms with van der Waals surface area (Å²) in [6.45, 7) is 9.86. The molecule has 6 aromatic rings. The largest absolute Gasteiger partial charge is 0.486 e. The van der Waals surface area contributed by atoms with E-state index >= 15 is 0 Å². The number of piperazine rings is 2. The number of nitrogens with zero attached hydrogens (tertiary/aromatic N) is 9. The van der Waals surface area contributed by atoms with Crippen LogP contribution in [0.25, 0.3) is 11.4 Å². The van der Waals surface area contributed by atoms with Gasteiger partial charge < -0.3 is 28.9 Å². The van der Waals surface area contributed by atoms with Crippen molar-refractivity contribution < 1.29 is 35.8 Å². The molecule has 81 heavy (non-hydrogen) atoms. The second-order valence-corrected chi connectivity index (χ2v) is 27.9. The second-order valence-electron chi connectivity index (χ2n) is 21.8. The molecule has 2 aliphatic carbocycles. The Kier molecular flexibility index (Phi) is 17.9. The van der Waals surface area contributed by atoms with Crippen molar-refractivity contribution in [3.8, 4) is 22.9 Å². The third kappa shape index (κ3) is 14.4. The summed E-state index contributed by atoms with van der Waals surface area (Å²) in [6.07, 6.45) is 7.43. The van der Waals surface area contributed by atoms with Crippen molar-refractivity contribution in [3.63, 3.8) is 0 Å². The van der Waals surface area contributed by atoms with E-state index in [0.29, 0.717) is 123 Å². The summed E-state index contributed by atoms with van der Waals surface area (Å²) in [5.74, 6) is 0.0697. The summed E-state index contributed by atoms with van der Waals surface area (Å²) in [7, 11) is -7.13. The molecule has 0 bridgehead atoms. The number of morpholine rings is 1. The lowest BCUT2D eigenvalue weighted by Crippen LogP contribution is -2.49. The molecular weight excluding hydrogens is 1230 g/mol. The van der Waals surface area contributed by atoms with Crippen molar-refractivity contribution in [1.29, 1.82) is 0 Å². The Hall–Kier alpha value is -5.60. The van der Waals surface area contributed by atoms with Gasteiger partial charge in [-0.25, -0.2) is 16.8 Å². The molecule has 24 heteroatoms. The third-order valence-electron chi connectivity index (χ3n) is 15.3. The van der Waals surface area contributed by atoms with E-state index in [-0.39, 0.29) is 58.4 Å². The summed E-state index contributed by atoms with van der Waals surface area (Å²) in [5, 5.41) is 9.82. The number of sulfonamides is 2. The van der Waals surface area contributed by atoms with Crippen LogP contribution in [0.2, 0.25) is 10.0 Å². The number of benzene rings is 4. The fraction of sp³-hybridized carbons (Fsp3) is 0.421. The third-order valence-corrected chi connectivity index (χ3v) is 20.1. The van der Waals surface area contributed by atoms with Crippen molar-refractivity contribution >= 4 is 83.1 Å². The molecule has 430 valence electrons. The normalized spacial score (nSPS) is 18.2. The van der Waals surface area contributed by atoms with Crippen LogP contribution in [-0.2, 0) is 36.3 Å². The Balaban J connectivity index is 0.000000185. The maximum atomic E-state index is 13.7. The summed E-state index contributed by atoms with van der Waals surface area (Å²) in [6, 6.07) is 28.2. The van der Waals surface area contributed by atoms with E-state index in [4.69, 9.17) is 37.4 Å². The van der Waals surface area contributed by atoms with Gasteiger partial charge in [-0.3, -0.25) is 14.4 Å². The molecule has 0 N–H and O–H groups in total. The number of carbonyl (C=O) groups excluding carboxylic acids is 1. The molecule has 3 aliphatic heterocycles. The lowest BCUT2D eigenvalue weighted by atomic mass is 10.1. The Morgan fingerprint density at radius 1 is 0.593 bits per heavy atom. The molecule has 19 nitrogen and oxygen atoms in total. The van der Waals surface area contributed by atoms with Gasteiger partial charge in [-0.05, 0) is 120 Å². The van der Waals surface area contributed by atoms with E-state index in [0.717, 1.165) is 34.8 Å². The number of rotatable bonds is 17. The SMILES string of the molecule is CC1(COc2c(N3CCN(S(=O)(=O)Cc4cccc(C(=O)N5CCOCC5)c4)CC3)cnn(-c3cccc(Cl)c3)c2=O)CC1.CC1(COc2c(N3CCN(S(=O)(=O)Cc4cccc(I)c4)CC3)cnn(-c3cccc(Cl)c3)c2=O)CC1. The van der Waals surface area contributed by atoms with Gasteiger partial charge in [0.1, 0.15) is 11.4 Å². The highest BCUT2D eigenvalue weighted by Gasteiger charge is 2.40. The molecule has 0 spiro atoms. The minimum absolute atomic E-state index is 0.0337. The van der Waals surface area contributed by atoms with Gasteiger partial charge >= 0.3 is 11.1 Å². The summed E-state index contributed by atoms with van der Waals surface area (Å²) >= 11 is 14.5. The highest BCUT2D eigenvalue weighted by atomic mass is 127. The van der Waals surface area contributed by atoms with E-state index in [1.54, 1.807) is 90.1 Å². The second kappa shape index (κ2) is 24.7. The first kappa shape index (κ1) is 58.6. The molecule has 5 aliphatic rings. The molecule has 0 unspecified atom stereocenters. The minimum Gasteiger partial charge on any atom is -0.486 e. The molecule has 5 fully saturated rings. The van der Waals surface area contributed by atoms with Gasteiger partial charge in [0.2, 0.25) is 31.5 Å². The van der Waals surface area contributed by atoms with Crippen LogP contribution in [0.3, 0.4) is 0 Å². The van der Waals surface area contributed by atoms with Crippen LogP contribution in [0, 0.1) is 14.4 Å². The Morgan fingerprint density at radius 3 is 1.46 bits per heavy atom.